The first kappa shape index (κ1) is 12.6. The minimum Gasteiger partial charge on any atom is -0.364 e. The molecule has 2 heterocycles. The maximum Gasteiger partial charge on any atom is 0.0640 e. The molecule has 2 fully saturated rings. The molecule has 2 bridgehead atoms. The molecule has 0 amide bonds. The number of hydrogen-bond acceptors (Lipinski definition) is 2. The van der Waals surface area contributed by atoms with Crippen LogP contribution in [-0.4, -0.2) is 18.1 Å². The largest absolute Gasteiger partial charge is 0.364 e. The van der Waals surface area contributed by atoms with E-state index in [1.165, 1.54) is 19.3 Å². The molecule has 2 aliphatic heterocycles. The van der Waals surface area contributed by atoms with Crippen molar-refractivity contribution in [1.82, 2.24) is 0 Å². The van der Waals surface area contributed by atoms with Crippen molar-refractivity contribution in [3.05, 3.63) is 28.2 Å². The fourth-order valence-electron chi connectivity index (χ4n) is 3.50. The fourth-order valence-corrected chi connectivity index (χ4v) is 3.88. The highest BCUT2D eigenvalue weighted by Crippen LogP contribution is 2.41. The number of nitrogens with two attached hydrogens (primary N) is 1. The normalized spacial score (nSPS) is 31.5. The van der Waals surface area contributed by atoms with Gasteiger partial charge in [0.2, 0.25) is 0 Å². The molecule has 98 valence electrons. The standard InChI is InChI=1S/C14H18Cl2N2/c15-9-4-5-13(16)14(6-9)18-11-2-1-3-12(18)8-10(17)7-11/h4-6,10-12H,1-3,7-8,17H2. The molecule has 1 aromatic rings. The lowest BCUT2D eigenvalue weighted by Crippen LogP contribution is -2.55. The molecule has 18 heavy (non-hydrogen) atoms. The molecule has 0 aromatic heterocycles. The Morgan fingerprint density at radius 1 is 1.11 bits per heavy atom. The van der Waals surface area contributed by atoms with Gasteiger partial charge in [0, 0.05) is 23.1 Å². The van der Waals surface area contributed by atoms with Crippen LogP contribution >= 0.6 is 23.2 Å². The number of anilines is 1. The van der Waals surface area contributed by atoms with E-state index in [0.717, 1.165) is 28.6 Å². The van der Waals surface area contributed by atoms with Gasteiger partial charge in [-0.25, -0.2) is 0 Å². The predicted molar refractivity (Wildman–Crippen MR) is 77.6 cm³/mol. The molecule has 2 N–H and O–H groups in total. The van der Waals surface area contributed by atoms with Crippen LogP contribution in [0.5, 0.6) is 0 Å². The van der Waals surface area contributed by atoms with Crippen LogP contribution in [0, 0.1) is 0 Å². The maximum atomic E-state index is 6.35. The first-order valence-corrected chi connectivity index (χ1v) is 7.39. The van der Waals surface area contributed by atoms with Crippen molar-refractivity contribution in [1.29, 1.82) is 0 Å². The second kappa shape index (κ2) is 4.92. The zero-order chi connectivity index (χ0) is 12.7. The average molecular weight is 285 g/mol. The van der Waals surface area contributed by atoms with Crippen LogP contribution in [-0.2, 0) is 0 Å². The summed E-state index contributed by atoms with van der Waals surface area (Å²) in [6.07, 6.45) is 5.87. The van der Waals surface area contributed by atoms with Crippen LogP contribution < -0.4 is 10.6 Å². The van der Waals surface area contributed by atoms with Gasteiger partial charge in [-0.1, -0.05) is 23.2 Å². The van der Waals surface area contributed by atoms with Gasteiger partial charge in [0.1, 0.15) is 0 Å². The van der Waals surface area contributed by atoms with Crippen molar-refractivity contribution < 1.29 is 0 Å². The molecule has 2 aliphatic rings. The Hall–Kier alpha value is -0.440. The van der Waals surface area contributed by atoms with Gasteiger partial charge in [0.15, 0.2) is 0 Å². The van der Waals surface area contributed by atoms with Crippen LogP contribution in [0.4, 0.5) is 5.69 Å². The summed E-state index contributed by atoms with van der Waals surface area (Å²) in [5.41, 5.74) is 7.24. The monoisotopic (exact) mass is 284 g/mol. The lowest BCUT2D eigenvalue weighted by Gasteiger charge is -2.50. The van der Waals surface area contributed by atoms with E-state index < -0.39 is 0 Å². The highest BCUT2D eigenvalue weighted by Gasteiger charge is 2.37. The Kier molecular flexibility index (Phi) is 3.44. The summed E-state index contributed by atoms with van der Waals surface area (Å²) in [5.74, 6) is 0. The molecule has 0 spiro atoms. The van der Waals surface area contributed by atoms with Gasteiger partial charge in [-0.3, -0.25) is 0 Å². The Morgan fingerprint density at radius 3 is 2.44 bits per heavy atom. The molecule has 0 radical (unpaired) electrons. The van der Waals surface area contributed by atoms with Gasteiger partial charge in [0.05, 0.1) is 10.7 Å². The maximum absolute atomic E-state index is 6.35. The summed E-state index contributed by atoms with van der Waals surface area (Å²) in [6, 6.07) is 7.13. The molecule has 2 unspecified atom stereocenters. The van der Waals surface area contributed by atoms with E-state index in [4.69, 9.17) is 28.9 Å². The molecule has 4 heteroatoms. The number of piperidine rings is 2. The van der Waals surface area contributed by atoms with Crippen molar-refractivity contribution in [2.45, 2.75) is 50.2 Å². The van der Waals surface area contributed by atoms with Crippen molar-refractivity contribution >= 4 is 28.9 Å². The number of hydrogen-bond donors (Lipinski definition) is 1. The number of nitrogens with zero attached hydrogens (tertiary/aromatic N) is 1. The van der Waals surface area contributed by atoms with E-state index >= 15 is 0 Å². The fraction of sp³-hybridized carbons (Fsp3) is 0.571. The van der Waals surface area contributed by atoms with Crippen LogP contribution in [0.2, 0.25) is 10.0 Å². The van der Waals surface area contributed by atoms with E-state index in [1.54, 1.807) is 0 Å². The highest BCUT2D eigenvalue weighted by atomic mass is 35.5. The minimum atomic E-state index is 0.342. The van der Waals surface area contributed by atoms with Crippen molar-refractivity contribution in [3.8, 4) is 0 Å². The number of rotatable bonds is 1. The molecule has 3 rings (SSSR count). The van der Waals surface area contributed by atoms with E-state index in [2.05, 4.69) is 4.90 Å². The Labute approximate surface area is 118 Å². The molecule has 2 saturated heterocycles. The van der Waals surface area contributed by atoms with Gasteiger partial charge in [-0.2, -0.15) is 0 Å². The smallest absolute Gasteiger partial charge is 0.0640 e. The van der Waals surface area contributed by atoms with Crippen LogP contribution in [0.3, 0.4) is 0 Å². The summed E-state index contributed by atoms with van der Waals surface area (Å²) in [5, 5.41) is 1.55. The zero-order valence-electron chi connectivity index (χ0n) is 10.3. The topological polar surface area (TPSA) is 29.3 Å². The number of benzene rings is 1. The second-order valence-corrected chi connectivity index (χ2v) is 6.32. The van der Waals surface area contributed by atoms with E-state index in [1.807, 2.05) is 18.2 Å². The quantitative estimate of drug-likeness (QED) is 0.849. The predicted octanol–water partition coefficient (Wildman–Crippen LogP) is 3.84. The summed E-state index contributed by atoms with van der Waals surface area (Å²) in [4.78, 5) is 2.47. The zero-order valence-corrected chi connectivity index (χ0v) is 11.8. The number of halogens is 2. The van der Waals surface area contributed by atoms with Crippen molar-refractivity contribution in [2.24, 2.45) is 5.73 Å². The van der Waals surface area contributed by atoms with E-state index in [-0.39, 0.29) is 0 Å². The van der Waals surface area contributed by atoms with Gasteiger partial charge < -0.3 is 10.6 Å². The minimum absolute atomic E-state index is 0.342. The summed E-state index contributed by atoms with van der Waals surface area (Å²) in [6.45, 7) is 0. The van der Waals surface area contributed by atoms with Crippen LogP contribution in [0.15, 0.2) is 18.2 Å². The van der Waals surface area contributed by atoms with E-state index in [9.17, 15) is 0 Å². The summed E-state index contributed by atoms with van der Waals surface area (Å²) >= 11 is 12.5. The molecule has 0 aliphatic carbocycles. The first-order valence-electron chi connectivity index (χ1n) is 6.64. The van der Waals surface area contributed by atoms with Gasteiger partial charge in [0.25, 0.3) is 0 Å². The second-order valence-electron chi connectivity index (χ2n) is 5.47. The van der Waals surface area contributed by atoms with Gasteiger partial charge in [-0.15, -0.1) is 0 Å². The molecular weight excluding hydrogens is 267 g/mol. The Bertz CT molecular complexity index is 435. The van der Waals surface area contributed by atoms with Gasteiger partial charge >= 0.3 is 0 Å². The summed E-state index contributed by atoms with van der Waals surface area (Å²) < 4.78 is 0. The first-order chi connectivity index (χ1) is 8.65. The molecule has 0 saturated carbocycles. The number of fused-ring (bicyclic) bond motifs is 2. The molecule has 2 nitrogen and oxygen atoms in total. The lowest BCUT2D eigenvalue weighted by molar-refractivity contribution is 0.271. The molecule has 2 atom stereocenters. The molecular formula is C14H18Cl2N2. The van der Waals surface area contributed by atoms with Crippen LogP contribution in [0.1, 0.15) is 32.1 Å². The van der Waals surface area contributed by atoms with E-state index in [0.29, 0.717) is 18.1 Å². The van der Waals surface area contributed by atoms with Crippen molar-refractivity contribution in [3.63, 3.8) is 0 Å². The van der Waals surface area contributed by atoms with Crippen molar-refractivity contribution in [2.75, 3.05) is 4.90 Å². The highest BCUT2D eigenvalue weighted by molar-refractivity contribution is 6.35. The Morgan fingerprint density at radius 2 is 1.78 bits per heavy atom. The third-order valence-corrected chi connectivity index (χ3v) is 4.75. The average Bonchev–Trinajstić information content (AvgIpc) is 2.31. The lowest BCUT2D eigenvalue weighted by atomic mass is 9.81. The third kappa shape index (κ3) is 2.22. The third-order valence-electron chi connectivity index (χ3n) is 4.20. The Balaban J connectivity index is 1.97. The van der Waals surface area contributed by atoms with Crippen LogP contribution in [0.25, 0.3) is 0 Å². The summed E-state index contributed by atoms with van der Waals surface area (Å²) in [7, 11) is 0. The molecule has 1 aromatic carbocycles. The van der Waals surface area contributed by atoms with Gasteiger partial charge in [-0.05, 0) is 50.3 Å². The SMILES string of the molecule is NC1CC2CCCC(C1)N2c1cc(Cl)ccc1Cl.